The van der Waals surface area contributed by atoms with E-state index in [4.69, 9.17) is 15.2 Å². The van der Waals surface area contributed by atoms with E-state index < -0.39 is 6.10 Å². The summed E-state index contributed by atoms with van der Waals surface area (Å²) in [5, 5.41) is 9.79. The molecule has 0 saturated heterocycles. The average Bonchev–Trinajstić information content (AvgIpc) is 2.42. The fourth-order valence-corrected chi connectivity index (χ4v) is 3.07. The molecule has 1 aromatic carbocycles. The van der Waals surface area contributed by atoms with Crippen LogP contribution < -0.4 is 10.5 Å². The average molecular weight is 411 g/mol. The molecular formula is C14H21Br2NO3. The molecule has 0 heterocycles. The summed E-state index contributed by atoms with van der Waals surface area (Å²) in [5.74, 6) is 0.662. The quantitative estimate of drug-likeness (QED) is 0.613. The molecule has 0 bridgehead atoms. The van der Waals surface area contributed by atoms with Crippen LogP contribution in [0.3, 0.4) is 0 Å². The second-order valence-electron chi connectivity index (χ2n) is 4.49. The molecule has 0 fully saturated rings. The molecule has 0 aromatic heterocycles. The topological polar surface area (TPSA) is 64.7 Å². The maximum Gasteiger partial charge on any atom is 0.147 e. The van der Waals surface area contributed by atoms with Crippen LogP contribution in [0.25, 0.3) is 0 Å². The lowest BCUT2D eigenvalue weighted by Gasteiger charge is -2.15. The molecule has 0 saturated carbocycles. The smallest absolute Gasteiger partial charge is 0.147 e. The molecule has 6 heteroatoms. The molecule has 1 unspecified atom stereocenters. The van der Waals surface area contributed by atoms with E-state index in [0.29, 0.717) is 18.9 Å². The number of aliphatic hydroxyl groups excluding tert-OH is 1. The Balaban J connectivity index is 2.45. The Morgan fingerprint density at radius 2 is 1.90 bits per heavy atom. The third-order valence-electron chi connectivity index (χ3n) is 2.67. The molecular weight excluding hydrogens is 390 g/mol. The molecule has 0 amide bonds. The van der Waals surface area contributed by atoms with Crippen molar-refractivity contribution in [2.75, 3.05) is 19.8 Å². The highest BCUT2D eigenvalue weighted by atomic mass is 79.9. The summed E-state index contributed by atoms with van der Waals surface area (Å²) in [4.78, 5) is 0. The summed E-state index contributed by atoms with van der Waals surface area (Å²) in [6.07, 6.45) is 1.45. The second kappa shape index (κ2) is 9.73. The Kier molecular flexibility index (Phi) is 8.72. The van der Waals surface area contributed by atoms with Crippen LogP contribution in [0, 0.1) is 0 Å². The molecule has 3 N–H and O–H groups in total. The molecule has 114 valence electrons. The van der Waals surface area contributed by atoms with E-state index in [0.717, 1.165) is 27.4 Å². The number of rotatable bonds is 9. The Labute approximate surface area is 136 Å². The van der Waals surface area contributed by atoms with Crippen LogP contribution in [0.2, 0.25) is 0 Å². The first-order chi connectivity index (χ1) is 9.58. The minimum atomic E-state index is -0.639. The Morgan fingerprint density at radius 1 is 1.25 bits per heavy atom. The summed E-state index contributed by atoms with van der Waals surface area (Å²) in [6.45, 7) is 3.71. The summed E-state index contributed by atoms with van der Waals surface area (Å²) >= 11 is 6.88. The molecule has 4 nitrogen and oxygen atoms in total. The second-order valence-corrected chi connectivity index (χ2v) is 6.19. The van der Waals surface area contributed by atoms with Crippen molar-refractivity contribution in [3.63, 3.8) is 0 Å². The van der Waals surface area contributed by atoms with Gasteiger partial charge >= 0.3 is 0 Å². The number of unbranched alkanes of at least 4 members (excludes halogenated alkanes) is 1. The van der Waals surface area contributed by atoms with E-state index in [1.165, 1.54) is 0 Å². The minimum absolute atomic E-state index is 0.186. The summed E-state index contributed by atoms with van der Waals surface area (Å²) in [7, 11) is 0. The predicted octanol–water partition coefficient (Wildman–Crippen LogP) is 3.23. The SMILES string of the molecule is CCCCOCC(O)COc1c(Br)cc(CN)cc1Br. The summed E-state index contributed by atoms with van der Waals surface area (Å²) in [5.41, 5.74) is 6.60. The van der Waals surface area contributed by atoms with E-state index in [9.17, 15) is 5.11 Å². The van der Waals surface area contributed by atoms with Gasteiger partial charge in [0.2, 0.25) is 0 Å². The van der Waals surface area contributed by atoms with Crippen molar-refractivity contribution in [2.45, 2.75) is 32.4 Å². The van der Waals surface area contributed by atoms with Crippen molar-refractivity contribution in [2.24, 2.45) is 5.73 Å². The van der Waals surface area contributed by atoms with Gasteiger partial charge < -0.3 is 20.3 Å². The number of ether oxygens (including phenoxy) is 2. The van der Waals surface area contributed by atoms with Crippen molar-refractivity contribution in [3.05, 3.63) is 26.6 Å². The van der Waals surface area contributed by atoms with E-state index in [1.807, 2.05) is 12.1 Å². The molecule has 0 radical (unpaired) electrons. The maximum absolute atomic E-state index is 9.79. The molecule has 0 aliphatic rings. The van der Waals surface area contributed by atoms with Crippen molar-refractivity contribution >= 4 is 31.9 Å². The van der Waals surface area contributed by atoms with Crippen molar-refractivity contribution in [1.82, 2.24) is 0 Å². The summed E-state index contributed by atoms with van der Waals surface area (Å²) < 4.78 is 12.6. The number of benzene rings is 1. The molecule has 0 aliphatic heterocycles. The maximum atomic E-state index is 9.79. The number of hydrogen-bond acceptors (Lipinski definition) is 4. The fraction of sp³-hybridized carbons (Fsp3) is 0.571. The molecule has 1 rings (SSSR count). The Morgan fingerprint density at radius 3 is 2.45 bits per heavy atom. The monoisotopic (exact) mass is 409 g/mol. The third-order valence-corrected chi connectivity index (χ3v) is 3.84. The zero-order chi connectivity index (χ0) is 15.0. The van der Waals surface area contributed by atoms with Crippen molar-refractivity contribution in [1.29, 1.82) is 0 Å². The molecule has 0 aliphatic carbocycles. The fourth-order valence-electron chi connectivity index (χ4n) is 1.56. The zero-order valence-electron chi connectivity index (χ0n) is 11.6. The van der Waals surface area contributed by atoms with Gasteiger partial charge in [-0.25, -0.2) is 0 Å². The Hall–Kier alpha value is -0.140. The highest BCUT2D eigenvalue weighted by molar-refractivity contribution is 9.11. The van der Waals surface area contributed by atoms with E-state index in [1.54, 1.807) is 0 Å². The van der Waals surface area contributed by atoms with Gasteiger partial charge in [-0.2, -0.15) is 0 Å². The lowest BCUT2D eigenvalue weighted by molar-refractivity contribution is 0.0110. The van der Waals surface area contributed by atoms with Gasteiger partial charge in [-0.05, 0) is 56.0 Å². The van der Waals surface area contributed by atoms with Crippen molar-refractivity contribution < 1.29 is 14.6 Å². The van der Waals surface area contributed by atoms with Gasteiger partial charge in [0.25, 0.3) is 0 Å². The van der Waals surface area contributed by atoms with Gasteiger partial charge in [0.1, 0.15) is 18.5 Å². The first-order valence-electron chi connectivity index (χ1n) is 6.65. The van der Waals surface area contributed by atoms with E-state index in [-0.39, 0.29) is 13.2 Å². The van der Waals surface area contributed by atoms with Gasteiger partial charge in [-0.3, -0.25) is 0 Å². The van der Waals surface area contributed by atoms with Crippen LogP contribution in [0.15, 0.2) is 21.1 Å². The van der Waals surface area contributed by atoms with E-state index in [2.05, 4.69) is 38.8 Å². The first kappa shape index (κ1) is 17.9. The largest absolute Gasteiger partial charge is 0.488 e. The zero-order valence-corrected chi connectivity index (χ0v) is 14.7. The molecule has 0 spiro atoms. The normalized spacial score (nSPS) is 12.4. The molecule has 1 aromatic rings. The van der Waals surface area contributed by atoms with Gasteiger partial charge in [-0.15, -0.1) is 0 Å². The highest BCUT2D eigenvalue weighted by Crippen LogP contribution is 2.34. The third kappa shape index (κ3) is 6.10. The predicted molar refractivity (Wildman–Crippen MR) is 87.0 cm³/mol. The molecule has 20 heavy (non-hydrogen) atoms. The number of halogens is 2. The van der Waals surface area contributed by atoms with Crippen molar-refractivity contribution in [3.8, 4) is 5.75 Å². The van der Waals surface area contributed by atoms with E-state index >= 15 is 0 Å². The van der Waals surface area contributed by atoms with Gasteiger partial charge in [-0.1, -0.05) is 13.3 Å². The van der Waals surface area contributed by atoms with Crippen LogP contribution >= 0.6 is 31.9 Å². The summed E-state index contributed by atoms with van der Waals surface area (Å²) in [6, 6.07) is 3.81. The van der Waals surface area contributed by atoms with Gasteiger partial charge in [0.05, 0.1) is 15.6 Å². The van der Waals surface area contributed by atoms with Crippen LogP contribution in [-0.4, -0.2) is 31.0 Å². The van der Waals surface area contributed by atoms with Crippen LogP contribution in [0.5, 0.6) is 5.75 Å². The van der Waals surface area contributed by atoms with Gasteiger partial charge in [0, 0.05) is 13.2 Å². The lowest BCUT2D eigenvalue weighted by Crippen LogP contribution is -2.24. The van der Waals surface area contributed by atoms with Crippen LogP contribution in [-0.2, 0) is 11.3 Å². The van der Waals surface area contributed by atoms with Gasteiger partial charge in [0.15, 0.2) is 0 Å². The van der Waals surface area contributed by atoms with Crippen LogP contribution in [0.1, 0.15) is 25.3 Å². The highest BCUT2D eigenvalue weighted by Gasteiger charge is 2.11. The number of hydrogen-bond donors (Lipinski definition) is 2. The molecule has 1 atom stereocenters. The van der Waals surface area contributed by atoms with Crippen LogP contribution in [0.4, 0.5) is 0 Å². The minimum Gasteiger partial charge on any atom is -0.488 e. The first-order valence-corrected chi connectivity index (χ1v) is 8.23. The number of nitrogens with two attached hydrogens (primary N) is 1. The standard InChI is InChI=1S/C14H21Br2NO3/c1-2-3-4-19-8-11(18)9-20-14-12(15)5-10(7-17)6-13(14)16/h5-6,11,18H,2-4,7-9,17H2,1H3. The lowest BCUT2D eigenvalue weighted by atomic mass is 10.2. The number of aliphatic hydroxyl groups is 1. The Bertz CT molecular complexity index is 392.